The number of anilines is 1. The monoisotopic (exact) mass is 278 g/mol. The Kier molecular flexibility index (Phi) is 3.55. The molecule has 20 heavy (non-hydrogen) atoms. The molecule has 106 valence electrons. The molecule has 8 heteroatoms. The van der Waals surface area contributed by atoms with Gasteiger partial charge in [-0.2, -0.15) is 0 Å². The van der Waals surface area contributed by atoms with Crippen LogP contribution >= 0.6 is 0 Å². The maximum absolute atomic E-state index is 12.3. The first kappa shape index (κ1) is 13.8. The van der Waals surface area contributed by atoms with Crippen molar-refractivity contribution in [3.8, 4) is 0 Å². The smallest absolute Gasteiger partial charge is 0.282 e. The molecule has 1 aliphatic rings. The molecular weight excluding hydrogens is 264 g/mol. The van der Waals surface area contributed by atoms with Crippen LogP contribution in [0.3, 0.4) is 0 Å². The average molecular weight is 278 g/mol. The second kappa shape index (κ2) is 5.16. The lowest BCUT2D eigenvalue weighted by molar-refractivity contribution is -0.385. The van der Waals surface area contributed by atoms with Crippen molar-refractivity contribution in [1.82, 2.24) is 9.80 Å². The van der Waals surface area contributed by atoms with Gasteiger partial charge in [-0.15, -0.1) is 0 Å². The van der Waals surface area contributed by atoms with E-state index >= 15 is 0 Å². The van der Waals surface area contributed by atoms with Gasteiger partial charge < -0.3 is 15.5 Å². The van der Waals surface area contributed by atoms with E-state index in [1.807, 2.05) is 0 Å². The van der Waals surface area contributed by atoms with Crippen LogP contribution in [0.1, 0.15) is 10.4 Å². The highest BCUT2D eigenvalue weighted by Gasteiger charge is 2.29. The van der Waals surface area contributed by atoms with Crippen LogP contribution in [0, 0.1) is 10.1 Å². The molecule has 2 N–H and O–H groups in total. The molecule has 1 heterocycles. The van der Waals surface area contributed by atoms with Gasteiger partial charge >= 0.3 is 0 Å². The van der Waals surface area contributed by atoms with Crippen molar-refractivity contribution < 1.29 is 14.5 Å². The van der Waals surface area contributed by atoms with Gasteiger partial charge in [-0.3, -0.25) is 19.7 Å². The largest absolute Gasteiger partial charge is 0.399 e. The minimum atomic E-state index is -0.634. The predicted molar refractivity (Wildman–Crippen MR) is 71.0 cm³/mol. The number of carbonyl (C=O) groups excluding carboxylic acids is 2. The third-order valence-electron chi connectivity index (χ3n) is 3.19. The van der Waals surface area contributed by atoms with Crippen molar-refractivity contribution in [2.75, 3.05) is 32.4 Å². The Morgan fingerprint density at radius 3 is 2.70 bits per heavy atom. The summed E-state index contributed by atoms with van der Waals surface area (Å²) in [4.78, 5) is 37.1. The van der Waals surface area contributed by atoms with Crippen molar-refractivity contribution in [3.05, 3.63) is 33.9 Å². The Bertz CT molecular complexity index is 587. The number of nitrogen functional groups attached to an aromatic ring is 1. The zero-order valence-electron chi connectivity index (χ0n) is 10.9. The first-order valence-electron chi connectivity index (χ1n) is 5.97. The minimum absolute atomic E-state index is 0.0821. The Morgan fingerprint density at radius 2 is 2.10 bits per heavy atom. The number of carbonyl (C=O) groups is 2. The highest BCUT2D eigenvalue weighted by molar-refractivity contribution is 6.01. The summed E-state index contributed by atoms with van der Waals surface area (Å²) < 4.78 is 0. The first-order valence-corrected chi connectivity index (χ1v) is 5.97. The lowest BCUT2D eigenvalue weighted by Crippen LogP contribution is -2.50. The predicted octanol–water partition coefficient (Wildman–Crippen LogP) is 0.0912. The topological polar surface area (TPSA) is 110 Å². The summed E-state index contributed by atoms with van der Waals surface area (Å²) in [7, 11) is 1.65. The lowest BCUT2D eigenvalue weighted by atomic mass is 10.1. The van der Waals surface area contributed by atoms with E-state index in [2.05, 4.69) is 0 Å². The summed E-state index contributed by atoms with van der Waals surface area (Å²) in [6, 6.07) is 3.83. The SMILES string of the molecule is CN1CCN(C(=O)c2cc(N)ccc2[N+](=O)[O-])CC1=O. The normalized spacial score (nSPS) is 15.3. The van der Waals surface area contributed by atoms with Crippen LogP contribution in [-0.4, -0.2) is 53.2 Å². The lowest BCUT2D eigenvalue weighted by Gasteiger charge is -2.31. The Morgan fingerprint density at radius 1 is 1.40 bits per heavy atom. The summed E-state index contributed by atoms with van der Waals surface area (Å²) in [6.45, 7) is 0.662. The molecule has 0 aliphatic carbocycles. The quantitative estimate of drug-likeness (QED) is 0.468. The van der Waals surface area contributed by atoms with E-state index in [-0.39, 0.29) is 29.4 Å². The second-order valence-corrected chi connectivity index (χ2v) is 4.58. The number of benzene rings is 1. The number of nitro benzene ring substituents is 1. The van der Waals surface area contributed by atoms with Crippen molar-refractivity contribution in [1.29, 1.82) is 0 Å². The molecule has 2 amide bonds. The zero-order valence-corrected chi connectivity index (χ0v) is 10.9. The van der Waals surface area contributed by atoms with E-state index in [0.29, 0.717) is 13.1 Å². The van der Waals surface area contributed by atoms with E-state index < -0.39 is 10.8 Å². The van der Waals surface area contributed by atoms with Crippen LogP contribution in [0.4, 0.5) is 11.4 Å². The highest BCUT2D eigenvalue weighted by atomic mass is 16.6. The van der Waals surface area contributed by atoms with Gasteiger partial charge in [-0.1, -0.05) is 0 Å². The summed E-state index contributed by atoms with van der Waals surface area (Å²) in [5, 5.41) is 11.0. The fraction of sp³-hybridized carbons (Fsp3) is 0.333. The van der Waals surface area contributed by atoms with Gasteiger partial charge in [-0.25, -0.2) is 0 Å². The number of likely N-dealkylation sites (N-methyl/N-ethyl adjacent to an activating group) is 1. The fourth-order valence-electron chi connectivity index (χ4n) is 1.99. The second-order valence-electron chi connectivity index (χ2n) is 4.58. The van der Waals surface area contributed by atoms with E-state index in [9.17, 15) is 19.7 Å². The third kappa shape index (κ3) is 2.53. The van der Waals surface area contributed by atoms with E-state index in [1.165, 1.54) is 28.0 Å². The molecule has 1 aromatic carbocycles. The van der Waals surface area contributed by atoms with Crippen LogP contribution in [0.15, 0.2) is 18.2 Å². The Hall–Kier alpha value is -2.64. The van der Waals surface area contributed by atoms with Crippen LogP contribution < -0.4 is 5.73 Å². The van der Waals surface area contributed by atoms with Gasteiger partial charge in [0.1, 0.15) is 12.1 Å². The zero-order chi connectivity index (χ0) is 14.9. The summed E-state index contributed by atoms with van der Waals surface area (Å²) in [5.41, 5.74) is 5.44. The maximum atomic E-state index is 12.3. The molecule has 1 saturated heterocycles. The molecule has 1 aliphatic heterocycles. The van der Waals surface area contributed by atoms with Gasteiger partial charge in [0.2, 0.25) is 5.91 Å². The van der Waals surface area contributed by atoms with Gasteiger partial charge in [0.25, 0.3) is 11.6 Å². The number of hydrogen-bond acceptors (Lipinski definition) is 5. The molecule has 0 saturated carbocycles. The molecule has 0 radical (unpaired) electrons. The minimum Gasteiger partial charge on any atom is -0.399 e. The number of nitrogens with two attached hydrogens (primary N) is 1. The van der Waals surface area contributed by atoms with E-state index in [4.69, 9.17) is 5.73 Å². The van der Waals surface area contributed by atoms with Crippen LogP contribution in [0.25, 0.3) is 0 Å². The van der Waals surface area contributed by atoms with Crippen LogP contribution in [-0.2, 0) is 4.79 Å². The molecule has 0 unspecified atom stereocenters. The first-order chi connectivity index (χ1) is 9.40. The maximum Gasteiger partial charge on any atom is 0.282 e. The molecule has 8 nitrogen and oxygen atoms in total. The summed E-state index contributed by atoms with van der Waals surface area (Å²) in [5.74, 6) is -0.749. The van der Waals surface area contributed by atoms with E-state index in [0.717, 1.165) is 0 Å². The van der Waals surface area contributed by atoms with Gasteiger partial charge in [0, 0.05) is 31.9 Å². The highest BCUT2D eigenvalue weighted by Crippen LogP contribution is 2.23. The number of amides is 2. The van der Waals surface area contributed by atoms with Gasteiger partial charge in [-0.05, 0) is 12.1 Å². The molecule has 1 fully saturated rings. The van der Waals surface area contributed by atoms with Crippen LogP contribution in [0.5, 0.6) is 0 Å². The van der Waals surface area contributed by atoms with Crippen LogP contribution in [0.2, 0.25) is 0 Å². The van der Waals surface area contributed by atoms with E-state index in [1.54, 1.807) is 7.05 Å². The number of piperazine rings is 1. The average Bonchev–Trinajstić information content (AvgIpc) is 2.40. The Balaban J connectivity index is 2.31. The molecule has 0 spiro atoms. The molecular formula is C12H14N4O4. The van der Waals surface area contributed by atoms with Crippen molar-refractivity contribution in [2.45, 2.75) is 0 Å². The van der Waals surface area contributed by atoms with Crippen molar-refractivity contribution >= 4 is 23.2 Å². The standard InChI is InChI=1S/C12H14N4O4/c1-14-4-5-15(7-11(14)17)12(18)9-6-8(13)2-3-10(9)16(19)20/h2-3,6H,4-5,7,13H2,1H3. The molecule has 0 atom stereocenters. The van der Waals surface area contributed by atoms with Crippen molar-refractivity contribution in [3.63, 3.8) is 0 Å². The number of hydrogen-bond donors (Lipinski definition) is 1. The molecule has 0 aromatic heterocycles. The molecule has 0 bridgehead atoms. The molecule has 2 rings (SSSR count). The Labute approximate surface area is 114 Å². The fourth-order valence-corrected chi connectivity index (χ4v) is 1.99. The van der Waals surface area contributed by atoms with Gasteiger partial charge in [0.05, 0.1) is 4.92 Å². The summed E-state index contributed by atoms with van der Waals surface area (Å²) in [6.07, 6.45) is 0. The van der Waals surface area contributed by atoms with Crippen molar-refractivity contribution in [2.24, 2.45) is 0 Å². The number of rotatable bonds is 2. The summed E-state index contributed by atoms with van der Waals surface area (Å²) >= 11 is 0. The number of nitro groups is 1. The molecule has 1 aromatic rings. The number of nitrogens with zero attached hydrogens (tertiary/aromatic N) is 3. The van der Waals surface area contributed by atoms with Gasteiger partial charge in [0.15, 0.2) is 0 Å². The third-order valence-corrected chi connectivity index (χ3v) is 3.19.